The van der Waals surface area contributed by atoms with Crippen molar-refractivity contribution in [3.05, 3.63) is 24.3 Å². The van der Waals surface area contributed by atoms with Crippen LogP contribution in [-0.2, 0) is 4.28 Å². The molecule has 1 aliphatic rings. The van der Waals surface area contributed by atoms with Crippen molar-refractivity contribution in [2.75, 3.05) is 0 Å². The fourth-order valence-corrected chi connectivity index (χ4v) is 0.910. The van der Waals surface area contributed by atoms with E-state index < -0.39 is 0 Å². The number of rotatable bonds is 3. The fraction of sp³-hybridized carbons (Fsp3) is 0.286. The molecule has 0 saturated heterocycles. The monoisotopic (exact) mass is 170 g/mol. The summed E-state index contributed by atoms with van der Waals surface area (Å²) in [5, 5.41) is 3.68. The standard InChI is InChI=1S/C7H10N2OS/c1-2-3-4-5-6-7-8-10-11-9-7/h3-6H,2H2,1H3,(H,8,9)/b4-3+,6-5+. The average molecular weight is 170 g/mol. The number of nitrogens with one attached hydrogen (secondary N) is 1. The highest BCUT2D eigenvalue weighted by molar-refractivity contribution is 7.93. The summed E-state index contributed by atoms with van der Waals surface area (Å²) in [5.74, 6) is 0.746. The van der Waals surface area contributed by atoms with Gasteiger partial charge < -0.3 is 0 Å². The van der Waals surface area contributed by atoms with Gasteiger partial charge in [-0.2, -0.15) is 0 Å². The van der Waals surface area contributed by atoms with Crippen molar-refractivity contribution in [2.45, 2.75) is 13.3 Å². The lowest BCUT2D eigenvalue weighted by atomic mass is 10.4. The summed E-state index contributed by atoms with van der Waals surface area (Å²) in [7, 11) is 0. The molecule has 0 spiro atoms. The summed E-state index contributed by atoms with van der Waals surface area (Å²) in [6.45, 7) is 2.09. The van der Waals surface area contributed by atoms with Crippen LogP contribution in [-0.4, -0.2) is 5.84 Å². The molecule has 0 aliphatic carbocycles. The molecule has 0 bridgehead atoms. The first-order chi connectivity index (χ1) is 5.43. The molecule has 4 heteroatoms. The second-order valence-corrected chi connectivity index (χ2v) is 2.45. The SMILES string of the molecule is CC/C=C/C=C/C1=NOSN1. The molecule has 0 aromatic heterocycles. The Bertz CT molecular complexity index is 199. The van der Waals surface area contributed by atoms with Crippen LogP contribution in [0.5, 0.6) is 0 Å². The maximum absolute atomic E-state index is 4.63. The maximum atomic E-state index is 4.63. The summed E-state index contributed by atoms with van der Waals surface area (Å²) in [4.78, 5) is 0. The summed E-state index contributed by atoms with van der Waals surface area (Å²) >= 11 is 1.12. The number of allylic oxidation sites excluding steroid dienone is 3. The minimum absolute atomic E-state index is 0.746. The Morgan fingerprint density at radius 3 is 3.18 bits per heavy atom. The van der Waals surface area contributed by atoms with Gasteiger partial charge in [-0.25, -0.2) is 0 Å². The number of oxime groups is 1. The molecule has 0 radical (unpaired) electrons. The minimum Gasteiger partial charge on any atom is -0.297 e. The van der Waals surface area contributed by atoms with Gasteiger partial charge >= 0.3 is 0 Å². The Balaban J connectivity index is 2.28. The van der Waals surface area contributed by atoms with Crippen molar-refractivity contribution in [2.24, 2.45) is 5.16 Å². The summed E-state index contributed by atoms with van der Waals surface area (Å²) in [6.07, 6.45) is 8.87. The quantitative estimate of drug-likeness (QED) is 0.399. The van der Waals surface area contributed by atoms with Crippen LogP contribution in [0.2, 0.25) is 0 Å². The van der Waals surface area contributed by atoms with E-state index in [1.54, 1.807) is 0 Å². The Hall–Kier alpha value is -0.900. The lowest BCUT2D eigenvalue weighted by Crippen LogP contribution is -2.05. The Morgan fingerprint density at radius 2 is 2.55 bits per heavy atom. The van der Waals surface area contributed by atoms with E-state index in [0.29, 0.717) is 0 Å². The third kappa shape index (κ3) is 3.13. The number of nitrogens with zero attached hydrogens (tertiary/aromatic N) is 1. The Kier molecular flexibility index (Phi) is 3.61. The first-order valence-electron chi connectivity index (χ1n) is 3.43. The van der Waals surface area contributed by atoms with Gasteiger partial charge in [0.05, 0.1) is 0 Å². The first-order valence-corrected chi connectivity index (χ1v) is 4.17. The minimum atomic E-state index is 0.746. The summed E-state index contributed by atoms with van der Waals surface area (Å²) in [6, 6.07) is 0. The highest BCUT2D eigenvalue weighted by atomic mass is 32.2. The van der Waals surface area contributed by atoms with Crippen LogP contribution in [0.4, 0.5) is 0 Å². The number of amidine groups is 1. The molecule has 0 amide bonds. The lowest BCUT2D eigenvalue weighted by molar-refractivity contribution is 0.416. The van der Waals surface area contributed by atoms with Gasteiger partial charge in [0.1, 0.15) is 0 Å². The molecule has 1 heterocycles. The van der Waals surface area contributed by atoms with E-state index in [4.69, 9.17) is 0 Å². The highest BCUT2D eigenvalue weighted by Crippen LogP contribution is 2.05. The van der Waals surface area contributed by atoms with Crippen LogP contribution in [0, 0.1) is 0 Å². The summed E-state index contributed by atoms with van der Waals surface area (Å²) in [5.41, 5.74) is 0. The van der Waals surface area contributed by atoms with Gasteiger partial charge in [-0.15, -0.1) is 0 Å². The Morgan fingerprint density at radius 1 is 1.64 bits per heavy atom. The molecule has 1 rings (SSSR count). The fourth-order valence-electron chi connectivity index (χ4n) is 0.565. The van der Waals surface area contributed by atoms with E-state index in [1.807, 2.05) is 18.2 Å². The molecule has 0 aromatic rings. The molecule has 3 nitrogen and oxygen atoms in total. The van der Waals surface area contributed by atoms with Crippen molar-refractivity contribution in [1.29, 1.82) is 0 Å². The normalized spacial score (nSPS) is 17.0. The van der Waals surface area contributed by atoms with Crippen LogP contribution in [0.15, 0.2) is 29.5 Å². The predicted octanol–water partition coefficient (Wildman–Crippen LogP) is 2.01. The zero-order valence-electron chi connectivity index (χ0n) is 6.28. The molecule has 0 fully saturated rings. The van der Waals surface area contributed by atoms with Crippen molar-refractivity contribution >= 4 is 18.1 Å². The zero-order chi connectivity index (χ0) is 7.94. The van der Waals surface area contributed by atoms with Crippen LogP contribution in [0.3, 0.4) is 0 Å². The van der Waals surface area contributed by atoms with Crippen molar-refractivity contribution < 1.29 is 4.28 Å². The van der Waals surface area contributed by atoms with E-state index in [0.717, 1.165) is 24.5 Å². The van der Waals surface area contributed by atoms with Gasteiger partial charge in [0.15, 0.2) is 5.84 Å². The average Bonchev–Trinajstić information content (AvgIpc) is 2.50. The molecule has 0 aromatic carbocycles. The molecule has 11 heavy (non-hydrogen) atoms. The second kappa shape index (κ2) is 4.85. The molecule has 0 atom stereocenters. The maximum Gasteiger partial charge on any atom is 0.208 e. The topological polar surface area (TPSA) is 33.6 Å². The van der Waals surface area contributed by atoms with E-state index in [-0.39, 0.29) is 0 Å². The molecule has 0 unspecified atom stereocenters. The number of hydrogen-bond donors (Lipinski definition) is 1. The number of hydrogen-bond acceptors (Lipinski definition) is 4. The molecule has 1 N–H and O–H groups in total. The Labute approximate surface area is 70.5 Å². The molecule has 1 aliphatic heterocycles. The van der Waals surface area contributed by atoms with E-state index in [9.17, 15) is 0 Å². The van der Waals surface area contributed by atoms with Crippen LogP contribution in [0.1, 0.15) is 13.3 Å². The largest absolute Gasteiger partial charge is 0.297 e. The molecular weight excluding hydrogens is 160 g/mol. The van der Waals surface area contributed by atoms with Gasteiger partial charge in [0.25, 0.3) is 0 Å². The van der Waals surface area contributed by atoms with E-state index >= 15 is 0 Å². The van der Waals surface area contributed by atoms with Gasteiger partial charge in [-0.3, -0.25) is 9.01 Å². The zero-order valence-corrected chi connectivity index (χ0v) is 7.10. The highest BCUT2D eigenvalue weighted by Gasteiger charge is 2.01. The van der Waals surface area contributed by atoms with Gasteiger partial charge in [0.2, 0.25) is 12.2 Å². The van der Waals surface area contributed by atoms with Crippen molar-refractivity contribution in [1.82, 2.24) is 4.72 Å². The van der Waals surface area contributed by atoms with Gasteiger partial charge in [-0.05, 0) is 17.7 Å². The molecule has 60 valence electrons. The van der Waals surface area contributed by atoms with Crippen molar-refractivity contribution in [3.8, 4) is 0 Å². The van der Waals surface area contributed by atoms with E-state index in [2.05, 4.69) is 27.2 Å². The predicted molar refractivity (Wildman–Crippen MR) is 47.8 cm³/mol. The van der Waals surface area contributed by atoms with Gasteiger partial charge in [-0.1, -0.05) is 25.2 Å². The van der Waals surface area contributed by atoms with Crippen LogP contribution >= 0.6 is 12.2 Å². The van der Waals surface area contributed by atoms with Crippen molar-refractivity contribution in [3.63, 3.8) is 0 Å². The van der Waals surface area contributed by atoms with E-state index in [1.165, 1.54) is 0 Å². The first kappa shape index (κ1) is 8.20. The van der Waals surface area contributed by atoms with Crippen LogP contribution < -0.4 is 4.72 Å². The summed E-state index contributed by atoms with van der Waals surface area (Å²) < 4.78 is 7.49. The van der Waals surface area contributed by atoms with Gasteiger partial charge in [0, 0.05) is 0 Å². The lowest BCUT2D eigenvalue weighted by Gasteiger charge is -1.83. The smallest absolute Gasteiger partial charge is 0.208 e. The third-order valence-corrected chi connectivity index (χ3v) is 1.50. The van der Waals surface area contributed by atoms with Crippen LogP contribution in [0.25, 0.3) is 0 Å². The molecule has 0 saturated carbocycles. The second-order valence-electron chi connectivity index (χ2n) is 1.93. The third-order valence-electron chi connectivity index (χ3n) is 1.06. The molecular formula is C7H10N2OS.